The van der Waals surface area contributed by atoms with Crippen LogP contribution in [0.1, 0.15) is 37.3 Å². The van der Waals surface area contributed by atoms with Crippen molar-refractivity contribution in [3.63, 3.8) is 0 Å². The van der Waals surface area contributed by atoms with E-state index in [4.69, 9.17) is 0 Å². The van der Waals surface area contributed by atoms with E-state index in [1.165, 1.54) is 24.8 Å². The molecule has 0 spiro atoms. The van der Waals surface area contributed by atoms with Gasteiger partial charge in [-0.3, -0.25) is 4.79 Å². The molecule has 4 nitrogen and oxygen atoms in total. The lowest BCUT2D eigenvalue weighted by Crippen LogP contribution is -2.49. The molecule has 1 aromatic heterocycles. The van der Waals surface area contributed by atoms with Crippen LogP contribution in [-0.2, 0) is 4.79 Å². The summed E-state index contributed by atoms with van der Waals surface area (Å²) < 4.78 is 0. The van der Waals surface area contributed by atoms with Crippen LogP contribution in [-0.4, -0.2) is 44.5 Å². The molecule has 1 unspecified atom stereocenters. The van der Waals surface area contributed by atoms with Gasteiger partial charge in [-0.05, 0) is 61.8 Å². The van der Waals surface area contributed by atoms with E-state index < -0.39 is 0 Å². The number of carbonyl (C=O) groups is 1. The molecule has 138 valence electrons. The Labute approximate surface area is 161 Å². The van der Waals surface area contributed by atoms with Gasteiger partial charge in [0.25, 0.3) is 0 Å². The van der Waals surface area contributed by atoms with Crippen LogP contribution in [0.3, 0.4) is 0 Å². The summed E-state index contributed by atoms with van der Waals surface area (Å²) in [7, 11) is 4.15. The van der Waals surface area contributed by atoms with Gasteiger partial charge in [-0.2, -0.15) is 11.3 Å². The molecule has 0 radical (unpaired) electrons. The van der Waals surface area contributed by atoms with Gasteiger partial charge in [0.1, 0.15) is 0 Å². The summed E-state index contributed by atoms with van der Waals surface area (Å²) in [4.78, 5) is 15.1. The van der Waals surface area contributed by atoms with Crippen LogP contribution in [0.15, 0.2) is 16.8 Å². The van der Waals surface area contributed by atoms with Gasteiger partial charge >= 0.3 is 0 Å². The number of hydrogen-bond acceptors (Lipinski definition) is 4. The Balaban J connectivity index is 0.00000144. The predicted molar refractivity (Wildman–Crippen MR) is 106 cm³/mol. The van der Waals surface area contributed by atoms with Crippen LogP contribution >= 0.6 is 36.2 Å². The molecular weight excluding hydrogens is 365 g/mol. The number of halogens is 2. The van der Waals surface area contributed by atoms with Gasteiger partial charge in [-0.1, -0.05) is 12.8 Å². The number of thiophene rings is 1. The van der Waals surface area contributed by atoms with E-state index in [1.807, 2.05) is 0 Å². The molecule has 1 aliphatic heterocycles. The fraction of sp³-hybridized carbons (Fsp3) is 0.706. The number of carbonyl (C=O) groups excluding carboxylic acids is 1. The standard InChI is InChI=1S/C17H27N3OS.2ClH/c1-20(2)15(13-6-8-22-11-13)10-19-16(21)17-7-4-3-5-14(17)9-18-12-17;;/h6,8,11,14-15,18H,3-5,7,9-10,12H2,1-2H3,(H,19,21);2*1H/t14-,15?,17+;;/m0../s1. The van der Waals surface area contributed by atoms with E-state index in [0.717, 1.165) is 19.5 Å². The monoisotopic (exact) mass is 393 g/mol. The van der Waals surface area contributed by atoms with Crippen molar-refractivity contribution in [2.24, 2.45) is 11.3 Å². The van der Waals surface area contributed by atoms with E-state index in [1.54, 1.807) is 11.3 Å². The van der Waals surface area contributed by atoms with Crippen molar-refractivity contribution in [2.75, 3.05) is 33.7 Å². The van der Waals surface area contributed by atoms with Crippen molar-refractivity contribution in [2.45, 2.75) is 31.7 Å². The number of rotatable bonds is 5. The van der Waals surface area contributed by atoms with Crippen LogP contribution < -0.4 is 10.6 Å². The molecule has 7 heteroatoms. The van der Waals surface area contributed by atoms with Crippen LogP contribution in [0.2, 0.25) is 0 Å². The average molecular weight is 394 g/mol. The largest absolute Gasteiger partial charge is 0.354 e. The first-order valence-corrected chi connectivity index (χ1v) is 9.25. The third-order valence-corrected chi connectivity index (χ3v) is 6.20. The van der Waals surface area contributed by atoms with E-state index in [2.05, 4.69) is 46.5 Å². The maximum absolute atomic E-state index is 12.9. The third-order valence-electron chi connectivity index (χ3n) is 5.50. The molecule has 2 aliphatic rings. The van der Waals surface area contributed by atoms with Crippen molar-refractivity contribution in [1.29, 1.82) is 0 Å². The zero-order valence-corrected chi connectivity index (χ0v) is 16.9. The molecule has 0 aromatic carbocycles. The minimum atomic E-state index is -0.149. The van der Waals surface area contributed by atoms with Gasteiger partial charge in [0.05, 0.1) is 11.5 Å². The molecule has 24 heavy (non-hydrogen) atoms. The maximum atomic E-state index is 12.9. The zero-order chi connectivity index (χ0) is 15.6. The first-order chi connectivity index (χ1) is 10.6. The summed E-state index contributed by atoms with van der Waals surface area (Å²) in [6, 6.07) is 2.41. The molecule has 1 aliphatic carbocycles. The predicted octanol–water partition coefficient (Wildman–Crippen LogP) is 3.09. The maximum Gasteiger partial charge on any atom is 0.227 e. The Hall–Kier alpha value is -0.330. The Morgan fingerprint density at radius 2 is 2.25 bits per heavy atom. The molecule has 1 saturated carbocycles. The van der Waals surface area contributed by atoms with E-state index >= 15 is 0 Å². The third kappa shape index (κ3) is 4.25. The van der Waals surface area contributed by atoms with Crippen molar-refractivity contribution in [3.05, 3.63) is 22.4 Å². The molecule has 0 bridgehead atoms. The molecular formula is C17H29Cl2N3OS. The Morgan fingerprint density at radius 3 is 2.92 bits per heavy atom. The summed E-state index contributed by atoms with van der Waals surface area (Å²) in [5, 5.41) is 11.0. The number of amides is 1. The van der Waals surface area contributed by atoms with Crippen LogP contribution in [0.5, 0.6) is 0 Å². The fourth-order valence-electron chi connectivity index (χ4n) is 4.12. The lowest BCUT2D eigenvalue weighted by atomic mass is 9.67. The van der Waals surface area contributed by atoms with Gasteiger partial charge < -0.3 is 15.5 Å². The normalized spacial score (nSPS) is 26.9. The van der Waals surface area contributed by atoms with Gasteiger partial charge in [0.15, 0.2) is 0 Å². The lowest BCUT2D eigenvalue weighted by Gasteiger charge is -2.37. The van der Waals surface area contributed by atoms with Crippen molar-refractivity contribution >= 4 is 42.1 Å². The summed E-state index contributed by atoms with van der Waals surface area (Å²) >= 11 is 1.71. The highest BCUT2D eigenvalue weighted by atomic mass is 35.5. The van der Waals surface area contributed by atoms with Gasteiger partial charge in [0, 0.05) is 13.1 Å². The van der Waals surface area contributed by atoms with Crippen LogP contribution in [0.25, 0.3) is 0 Å². The van der Waals surface area contributed by atoms with Crippen molar-refractivity contribution in [1.82, 2.24) is 15.5 Å². The van der Waals surface area contributed by atoms with Crippen LogP contribution in [0, 0.1) is 11.3 Å². The van der Waals surface area contributed by atoms with E-state index in [9.17, 15) is 4.79 Å². The number of nitrogens with one attached hydrogen (secondary N) is 2. The molecule has 2 heterocycles. The van der Waals surface area contributed by atoms with Gasteiger partial charge in [0.2, 0.25) is 5.91 Å². The molecule has 2 N–H and O–H groups in total. The Morgan fingerprint density at radius 1 is 1.46 bits per heavy atom. The topological polar surface area (TPSA) is 44.4 Å². The molecule has 1 saturated heterocycles. The van der Waals surface area contributed by atoms with Crippen molar-refractivity contribution in [3.8, 4) is 0 Å². The summed E-state index contributed by atoms with van der Waals surface area (Å²) in [5.74, 6) is 0.796. The minimum Gasteiger partial charge on any atom is -0.354 e. The lowest BCUT2D eigenvalue weighted by molar-refractivity contribution is -0.134. The second-order valence-electron chi connectivity index (χ2n) is 6.98. The highest BCUT2D eigenvalue weighted by molar-refractivity contribution is 7.07. The second kappa shape index (κ2) is 9.39. The molecule has 3 atom stereocenters. The highest BCUT2D eigenvalue weighted by Crippen LogP contribution is 2.43. The number of hydrogen-bond donors (Lipinski definition) is 2. The molecule has 1 aromatic rings. The Kier molecular flexibility index (Phi) is 8.50. The molecule has 3 rings (SSSR count). The average Bonchev–Trinajstić information content (AvgIpc) is 3.16. The van der Waals surface area contributed by atoms with Crippen molar-refractivity contribution < 1.29 is 4.79 Å². The number of likely N-dealkylation sites (N-methyl/N-ethyl adjacent to an activating group) is 1. The number of nitrogens with zero attached hydrogens (tertiary/aromatic N) is 1. The molecule has 2 fully saturated rings. The van der Waals surface area contributed by atoms with E-state index in [-0.39, 0.29) is 42.2 Å². The summed E-state index contributed by atoms with van der Waals surface area (Å²) in [5.41, 5.74) is 1.14. The highest BCUT2D eigenvalue weighted by Gasteiger charge is 2.49. The molecule has 1 amide bonds. The summed E-state index contributed by atoms with van der Waals surface area (Å²) in [6.45, 7) is 2.56. The van der Waals surface area contributed by atoms with Gasteiger partial charge in [-0.15, -0.1) is 24.8 Å². The zero-order valence-electron chi connectivity index (χ0n) is 14.4. The van der Waals surface area contributed by atoms with Gasteiger partial charge in [-0.25, -0.2) is 0 Å². The SMILES string of the molecule is CN(C)C(CNC(=O)[C@@]12CCCC[C@H]1CNC2)c1ccsc1.Cl.Cl. The smallest absolute Gasteiger partial charge is 0.227 e. The first kappa shape index (κ1) is 21.7. The van der Waals surface area contributed by atoms with Crippen LogP contribution in [0.4, 0.5) is 0 Å². The summed E-state index contributed by atoms with van der Waals surface area (Å²) in [6.07, 6.45) is 4.70. The fourth-order valence-corrected chi connectivity index (χ4v) is 4.83. The number of fused-ring (bicyclic) bond motifs is 1. The van der Waals surface area contributed by atoms with E-state index in [0.29, 0.717) is 12.5 Å². The Bertz CT molecular complexity index is 512. The second-order valence-corrected chi connectivity index (χ2v) is 7.76. The quantitative estimate of drug-likeness (QED) is 0.807. The minimum absolute atomic E-state index is 0. The first-order valence-electron chi connectivity index (χ1n) is 8.31.